The molecule has 3 nitrogen and oxygen atoms in total. The van der Waals surface area contributed by atoms with E-state index in [9.17, 15) is 0 Å². The molecule has 1 saturated heterocycles. The van der Waals surface area contributed by atoms with Crippen LogP contribution in [0, 0.1) is 0 Å². The summed E-state index contributed by atoms with van der Waals surface area (Å²) >= 11 is 0. The second kappa shape index (κ2) is 6.15. The van der Waals surface area contributed by atoms with Crippen LogP contribution in [0.4, 0.5) is 0 Å². The topological polar surface area (TPSA) is 18.5 Å². The van der Waals surface area contributed by atoms with E-state index in [1.54, 1.807) is 0 Å². The third kappa shape index (κ3) is 3.53. The molecule has 1 aromatic carbocycles. The highest BCUT2D eigenvalue weighted by atomic mass is 15.2. The Bertz CT molecular complexity index is 317. The van der Waals surface area contributed by atoms with E-state index >= 15 is 0 Å². The number of hydrogen-bond donors (Lipinski definition) is 1. The molecule has 1 aromatic rings. The van der Waals surface area contributed by atoms with Crippen LogP contribution < -0.4 is 5.32 Å². The number of nitrogens with one attached hydrogen (secondary N) is 1. The first-order valence-corrected chi connectivity index (χ1v) is 6.42. The molecule has 1 fully saturated rings. The normalized spacial score (nSPS) is 19.5. The number of likely N-dealkylation sites (N-methyl/N-ethyl adjacent to an activating group) is 1. The molecule has 0 unspecified atom stereocenters. The van der Waals surface area contributed by atoms with Gasteiger partial charge in [-0.2, -0.15) is 0 Å². The van der Waals surface area contributed by atoms with E-state index in [0.29, 0.717) is 6.04 Å². The van der Waals surface area contributed by atoms with Gasteiger partial charge in [0.25, 0.3) is 0 Å². The van der Waals surface area contributed by atoms with Gasteiger partial charge in [0.1, 0.15) is 0 Å². The molecule has 1 atom stereocenters. The van der Waals surface area contributed by atoms with Gasteiger partial charge in [0, 0.05) is 38.8 Å². The van der Waals surface area contributed by atoms with Gasteiger partial charge >= 0.3 is 0 Å². The van der Waals surface area contributed by atoms with E-state index in [1.807, 2.05) is 0 Å². The maximum absolute atomic E-state index is 3.42. The monoisotopic (exact) mass is 233 g/mol. The Morgan fingerprint density at radius 1 is 1.18 bits per heavy atom. The lowest BCUT2D eigenvalue weighted by Gasteiger charge is -2.36. The molecule has 1 heterocycles. The summed E-state index contributed by atoms with van der Waals surface area (Å²) in [6.07, 6.45) is 0. The highest BCUT2D eigenvalue weighted by Gasteiger charge is 2.22. The summed E-state index contributed by atoms with van der Waals surface area (Å²) in [7, 11) is 4.30. The molecule has 17 heavy (non-hydrogen) atoms. The molecular weight excluding hydrogens is 210 g/mol. The lowest BCUT2D eigenvalue weighted by atomic mass is 10.0. The quantitative estimate of drug-likeness (QED) is 0.843. The molecule has 0 spiro atoms. The highest BCUT2D eigenvalue weighted by molar-refractivity contribution is 5.19. The van der Waals surface area contributed by atoms with E-state index in [2.05, 4.69) is 59.5 Å². The van der Waals surface area contributed by atoms with Gasteiger partial charge in [-0.05, 0) is 19.7 Å². The Balaban J connectivity index is 2.12. The Morgan fingerprint density at radius 2 is 1.82 bits per heavy atom. The Morgan fingerprint density at radius 3 is 2.41 bits per heavy atom. The van der Waals surface area contributed by atoms with Gasteiger partial charge in [-0.25, -0.2) is 0 Å². The average molecular weight is 233 g/mol. The number of nitrogens with zero attached hydrogens (tertiary/aromatic N) is 2. The summed E-state index contributed by atoms with van der Waals surface area (Å²) in [5.74, 6) is 0. The number of benzene rings is 1. The smallest absolute Gasteiger partial charge is 0.0476 e. The van der Waals surface area contributed by atoms with E-state index in [-0.39, 0.29) is 0 Å². The molecule has 0 saturated carbocycles. The third-order valence-corrected chi connectivity index (χ3v) is 3.31. The standard InChI is InChI=1S/C14H23N3/c1-16(2)12-14(13-6-4-3-5-7-13)17-10-8-15-9-11-17/h3-7,14-15H,8-12H2,1-2H3/t14-/m0/s1. The predicted octanol–water partition coefficient (Wildman–Crippen LogP) is 1.19. The van der Waals surface area contributed by atoms with Crippen molar-refractivity contribution in [3.63, 3.8) is 0 Å². The van der Waals surface area contributed by atoms with Gasteiger partial charge in [0.05, 0.1) is 0 Å². The van der Waals surface area contributed by atoms with Crippen molar-refractivity contribution in [2.75, 3.05) is 46.8 Å². The summed E-state index contributed by atoms with van der Waals surface area (Å²) in [5, 5.41) is 3.42. The minimum Gasteiger partial charge on any atom is -0.314 e. The average Bonchev–Trinajstić information content (AvgIpc) is 2.38. The van der Waals surface area contributed by atoms with Crippen molar-refractivity contribution in [1.29, 1.82) is 0 Å². The fraction of sp³-hybridized carbons (Fsp3) is 0.571. The fourth-order valence-corrected chi connectivity index (χ4v) is 2.45. The van der Waals surface area contributed by atoms with Crippen LogP contribution in [0.3, 0.4) is 0 Å². The molecule has 0 aliphatic carbocycles. The van der Waals surface area contributed by atoms with Crippen LogP contribution in [-0.4, -0.2) is 56.6 Å². The maximum atomic E-state index is 3.42. The summed E-state index contributed by atoms with van der Waals surface area (Å²) in [4.78, 5) is 4.87. The summed E-state index contributed by atoms with van der Waals surface area (Å²) in [6.45, 7) is 5.60. The zero-order valence-electron chi connectivity index (χ0n) is 10.9. The molecule has 1 aliphatic rings. The molecule has 3 heteroatoms. The van der Waals surface area contributed by atoms with Crippen molar-refractivity contribution in [2.24, 2.45) is 0 Å². The van der Waals surface area contributed by atoms with Crippen LogP contribution in [0.2, 0.25) is 0 Å². The van der Waals surface area contributed by atoms with Gasteiger partial charge in [0.15, 0.2) is 0 Å². The summed E-state index contributed by atoms with van der Waals surface area (Å²) < 4.78 is 0. The van der Waals surface area contributed by atoms with Crippen LogP contribution in [-0.2, 0) is 0 Å². The highest BCUT2D eigenvalue weighted by Crippen LogP contribution is 2.21. The Hall–Kier alpha value is -0.900. The van der Waals surface area contributed by atoms with E-state index in [4.69, 9.17) is 0 Å². The molecular formula is C14H23N3. The Kier molecular flexibility index (Phi) is 4.54. The molecule has 94 valence electrons. The van der Waals surface area contributed by atoms with Crippen LogP contribution in [0.25, 0.3) is 0 Å². The van der Waals surface area contributed by atoms with Gasteiger partial charge in [-0.15, -0.1) is 0 Å². The second-order valence-corrected chi connectivity index (χ2v) is 4.97. The van der Waals surface area contributed by atoms with Gasteiger partial charge < -0.3 is 10.2 Å². The Labute approximate surface area is 104 Å². The molecule has 0 bridgehead atoms. The molecule has 0 amide bonds. The summed E-state index contributed by atoms with van der Waals surface area (Å²) in [5.41, 5.74) is 1.43. The van der Waals surface area contributed by atoms with Crippen LogP contribution in [0.5, 0.6) is 0 Å². The molecule has 1 aliphatic heterocycles. The van der Waals surface area contributed by atoms with Crippen molar-refractivity contribution in [2.45, 2.75) is 6.04 Å². The molecule has 1 N–H and O–H groups in total. The largest absolute Gasteiger partial charge is 0.314 e. The van der Waals surface area contributed by atoms with E-state index < -0.39 is 0 Å². The first kappa shape index (κ1) is 12.6. The van der Waals surface area contributed by atoms with Gasteiger partial charge in [-0.3, -0.25) is 4.90 Å². The van der Waals surface area contributed by atoms with Crippen LogP contribution in [0.1, 0.15) is 11.6 Å². The van der Waals surface area contributed by atoms with Crippen molar-refractivity contribution in [1.82, 2.24) is 15.1 Å². The number of rotatable bonds is 4. The minimum atomic E-state index is 0.522. The first-order chi connectivity index (χ1) is 8.27. The first-order valence-electron chi connectivity index (χ1n) is 6.42. The van der Waals surface area contributed by atoms with Crippen molar-refractivity contribution < 1.29 is 0 Å². The zero-order valence-corrected chi connectivity index (χ0v) is 10.9. The number of hydrogen-bond acceptors (Lipinski definition) is 3. The third-order valence-electron chi connectivity index (χ3n) is 3.31. The molecule has 2 rings (SSSR count). The van der Waals surface area contributed by atoms with Crippen LogP contribution in [0.15, 0.2) is 30.3 Å². The van der Waals surface area contributed by atoms with Crippen molar-refractivity contribution >= 4 is 0 Å². The maximum Gasteiger partial charge on any atom is 0.0476 e. The van der Waals surface area contributed by atoms with Crippen molar-refractivity contribution in [3.05, 3.63) is 35.9 Å². The lowest BCUT2D eigenvalue weighted by Crippen LogP contribution is -2.47. The van der Waals surface area contributed by atoms with Crippen molar-refractivity contribution in [3.8, 4) is 0 Å². The fourth-order valence-electron chi connectivity index (χ4n) is 2.45. The molecule has 0 aromatic heterocycles. The number of piperazine rings is 1. The predicted molar refractivity (Wildman–Crippen MR) is 72.2 cm³/mol. The zero-order chi connectivity index (χ0) is 12.1. The summed E-state index contributed by atoms with van der Waals surface area (Å²) in [6, 6.07) is 11.4. The van der Waals surface area contributed by atoms with E-state index in [0.717, 1.165) is 32.7 Å². The van der Waals surface area contributed by atoms with Gasteiger partial charge in [0.2, 0.25) is 0 Å². The van der Waals surface area contributed by atoms with Gasteiger partial charge in [-0.1, -0.05) is 30.3 Å². The van der Waals surface area contributed by atoms with E-state index in [1.165, 1.54) is 5.56 Å². The lowest BCUT2D eigenvalue weighted by molar-refractivity contribution is 0.145. The minimum absolute atomic E-state index is 0.522. The SMILES string of the molecule is CN(C)C[C@@H](c1ccccc1)N1CCNCC1. The van der Waals surface area contributed by atoms with Crippen LogP contribution >= 0.6 is 0 Å². The molecule has 0 radical (unpaired) electrons. The second-order valence-electron chi connectivity index (χ2n) is 4.97.